The molecule has 0 aliphatic heterocycles. The van der Waals surface area contributed by atoms with Crippen molar-refractivity contribution in [1.82, 2.24) is 0 Å². The van der Waals surface area contributed by atoms with Gasteiger partial charge in [-0.15, -0.1) is 0 Å². The van der Waals surface area contributed by atoms with Crippen molar-refractivity contribution in [2.75, 3.05) is 0 Å². The minimum atomic E-state index is -1.50. The highest BCUT2D eigenvalue weighted by molar-refractivity contribution is 6.81. The molecular weight excluding hydrogens is 348 g/mol. The molecule has 2 nitrogen and oxygen atoms in total. The van der Waals surface area contributed by atoms with Gasteiger partial charge in [0.1, 0.15) is 5.60 Å². The normalized spacial score (nSPS) is 14.2. The van der Waals surface area contributed by atoms with Gasteiger partial charge in [-0.1, -0.05) is 105 Å². The first-order valence-corrected chi connectivity index (χ1v) is 13.5. The molecule has 0 spiro atoms. The molecule has 2 aromatic carbocycles. The molecule has 3 heteroatoms. The van der Waals surface area contributed by atoms with E-state index in [0.717, 1.165) is 29.5 Å². The van der Waals surface area contributed by atoms with Crippen molar-refractivity contribution in [1.29, 1.82) is 0 Å². The van der Waals surface area contributed by atoms with Crippen LogP contribution in [0.1, 0.15) is 43.7 Å². The average molecular weight is 383 g/mol. The summed E-state index contributed by atoms with van der Waals surface area (Å²) in [4.78, 5) is 0. The van der Waals surface area contributed by atoms with E-state index in [1.165, 1.54) is 0 Å². The highest BCUT2D eigenvalue weighted by atomic mass is 28.3. The number of rotatable bonds is 9. The van der Waals surface area contributed by atoms with Crippen LogP contribution in [0.25, 0.3) is 0 Å². The molecule has 2 rings (SSSR count). The summed E-state index contributed by atoms with van der Waals surface area (Å²) in [5.41, 5.74) is 4.19. The van der Waals surface area contributed by atoms with Crippen LogP contribution in [0, 0.1) is 0 Å². The van der Waals surface area contributed by atoms with E-state index in [1.54, 1.807) is 0 Å². The number of hydrogen-bond acceptors (Lipinski definition) is 2. The fraction of sp³-hybridized carbons (Fsp3) is 0.417. The molecule has 2 aromatic rings. The maximum atomic E-state index is 11.9. The molecule has 0 heterocycles. The van der Waals surface area contributed by atoms with Gasteiger partial charge in [-0.2, -0.15) is 0 Å². The summed E-state index contributed by atoms with van der Waals surface area (Å²) in [5, 5.41) is 22.3. The zero-order valence-electron chi connectivity index (χ0n) is 17.2. The predicted molar refractivity (Wildman–Crippen MR) is 117 cm³/mol. The Hall–Kier alpha value is -1.68. The van der Waals surface area contributed by atoms with Gasteiger partial charge in [0.15, 0.2) is 0 Å². The molecule has 2 N–H and O–H groups in total. The van der Waals surface area contributed by atoms with Crippen molar-refractivity contribution in [2.45, 2.75) is 64.0 Å². The lowest BCUT2D eigenvalue weighted by molar-refractivity contribution is 0.0769. The summed E-state index contributed by atoms with van der Waals surface area (Å²) in [6.07, 6.45) is 2.53. The summed E-state index contributed by atoms with van der Waals surface area (Å²) in [5.74, 6) is 0. The molecule has 146 valence electrons. The van der Waals surface area contributed by atoms with E-state index in [9.17, 15) is 10.2 Å². The molecule has 1 unspecified atom stereocenters. The van der Waals surface area contributed by atoms with Gasteiger partial charge < -0.3 is 10.2 Å². The Labute approximate surface area is 165 Å². The SMILES string of the molecule is CCCC(O)C/C(=C/[Si](C)(C)C)CC(O)(c1ccccc1)c1ccccc1. The number of hydrogen-bond donors (Lipinski definition) is 2. The van der Waals surface area contributed by atoms with Gasteiger partial charge in [0.2, 0.25) is 0 Å². The van der Waals surface area contributed by atoms with Crippen LogP contribution in [0.4, 0.5) is 0 Å². The van der Waals surface area contributed by atoms with Crippen LogP contribution in [0.15, 0.2) is 71.9 Å². The second-order valence-electron chi connectivity index (χ2n) is 8.58. The standard InChI is InChI=1S/C24H34O2Si/c1-5-12-23(25)17-20(19-27(2,3)4)18-24(26,21-13-8-6-9-14-21)22-15-10-7-11-16-22/h6-11,13-16,19,23,25-26H,5,12,17-18H2,1-4H3/b20-19-. The van der Waals surface area contributed by atoms with E-state index in [4.69, 9.17) is 0 Å². The van der Waals surface area contributed by atoms with Crippen molar-refractivity contribution in [2.24, 2.45) is 0 Å². The highest BCUT2D eigenvalue weighted by Crippen LogP contribution is 2.37. The molecule has 0 aromatic heterocycles. The first-order chi connectivity index (χ1) is 12.7. The molecule has 0 aliphatic carbocycles. The monoisotopic (exact) mass is 382 g/mol. The summed E-state index contributed by atoms with van der Waals surface area (Å²) in [6.45, 7) is 8.98. The van der Waals surface area contributed by atoms with Gasteiger partial charge in [0.05, 0.1) is 14.2 Å². The molecule has 0 saturated heterocycles. The third-order valence-electron chi connectivity index (χ3n) is 4.74. The third kappa shape index (κ3) is 6.45. The summed E-state index contributed by atoms with van der Waals surface area (Å²) in [7, 11) is -1.50. The highest BCUT2D eigenvalue weighted by Gasteiger charge is 2.33. The summed E-state index contributed by atoms with van der Waals surface area (Å²) < 4.78 is 0. The Balaban J connectivity index is 2.46. The smallest absolute Gasteiger partial charge is 0.118 e. The van der Waals surface area contributed by atoms with E-state index in [-0.39, 0.29) is 6.10 Å². The van der Waals surface area contributed by atoms with E-state index in [1.807, 2.05) is 60.7 Å². The Morgan fingerprint density at radius 3 is 1.85 bits per heavy atom. The molecule has 0 fully saturated rings. The largest absolute Gasteiger partial charge is 0.393 e. The number of aliphatic hydroxyl groups excluding tert-OH is 1. The lowest BCUT2D eigenvalue weighted by Gasteiger charge is -2.32. The molecule has 0 saturated carbocycles. The van der Waals surface area contributed by atoms with Crippen LogP contribution >= 0.6 is 0 Å². The van der Waals surface area contributed by atoms with Crippen LogP contribution in [0.5, 0.6) is 0 Å². The Morgan fingerprint density at radius 2 is 1.44 bits per heavy atom. The van der Waals surface area contributed by atoms with Gasteiger partial charge in [-0.25, -0.2) is 0 Å². The zero-order chi connectivity index (χ0) is 19.9. The molecule has 0 bridgehead atoms. The molecule has 1 atom stereocenters. The fourth-order valence-electron chi connectivity index (χ4n) is 3.66. The summed E-state index contributed by atoms with van der Waals surface area (Å²) in [6, 6.07) is 19.8. The molecule has 0 aliphatic rings. The van der Waals surface area contributed by atoms with Crippen molar-refractivity contribution in [3.63, 3.8) is 0 Å². The van der Waals surface area contributed by atoms with Gasteiger partial charge in [-0.05, 0) is 24.0 Å². The summed E-state index contributed by atoms with van der Waals surface area (Å²) >= 11 is 0. The minimum Gasteiger partial charge on any atom is -0.393 e. The Bertz CT molecular complexity index is 678. The van der Waals surface area contributed by atoms with E-state index >= 15 is 0 Å². The van der Waals surface area contributed by atoms with Gasteiger partial charge in [-0.3, -0.25) is 0 Å². The molecule has 27 heavy (non-hydrogen) atoms. The third-order valence-corrected chi connectivity index (χ3v) is 6.02. The second kappa shape index (κ2) is 9.49. The maximum absolute atomic E-state index is 11.9. The van der Waals surface area contributed by atoms with Crippen LogP contribution in [0.2, 0.25) is 19.6 Å². The van der Waals surface area contributed by atoms with Gasteiger partial charge in [0.25, 0.3) is 0 Å². The van der Waals surface area contributed by atoms with E-state index < -0.39 is 13.7 Å². The Kier molecular flexibility index (Phi) is 7.60. The number of aliphatic hydroxyl groups is 2. The van der Waals surface area contributed by atoms with Crippen LogP contribution in [-0.2, 0) is 5.60 Å². The Morgan fingerprint density at radius 1 is 0.963 bits per heavy atom. The van der Waals surface area contributed by atoms with Crippen LogP contribution in [-0.4, -0.2) is 24.4 Å². The maximum Gasteiger partial charge on any atom is 0.118 e. The van der Waals surface area contributed by atoms with Crippen molar-refractivity contribution in [3.8, 4) is 0 Å². The zero-order valence-corrected chi connectivity index (χ0v) is 18.2. The van der Waals surface area contributed by atoms with E-state index in [0.29, 0.717) is 12.8 Å². The van der Waals surface area contributed by atoms with Gasteiger partial charge in [0, 0.05) is 6.42 Å². The minimum absolute atomic E-state index is 0.353. The number of benzene rings is 2. The van der Waals surface area contributed by atoms with E-state index in [2.05, 4.69) is 32.3 Å². The molecular formula is C24H34O2Si. The first kappa shape index (κ1) is 21.6. The first-order valence-electron chi connectivity index (χ1n) is 9.96. The average Bonchev–Trinajstić information content (AvgIpc) is 2.62. The molecule has 0 radical (unpaired) electrons. The van der Waals surface area contributed by atoms with Crippen molar-refractivity contribution >= 4 is 8.07 Å². The van der Waals surface area contributed by atoms with Crippen LogP contribution < -0.4 is 0 Å². The topological polar surface area (TPSA) is 40.5 Å². The lowest BCUT2D eigenvalue weighted by atomic mass is 9.80. The molecule has 0 amide bonds. The quantitative estimate of drug-likeness (QED) is 0.549. The van der Waals surface area contributed by atoms with Crippen LogP contribution in [0.3, 0.4) is 0 Å². The lowest BCUT2D eigenvalue weighted by Crippen LogP contribution is -2.30. The van der Waals surface area contributed by atoms with Crippen molar-refractivity contribution in [3.05, 3.63) is 83.1 Å². The fourth-order valence-corrected chi connectivity index (χ4v) is 5.10. The van der Waals surface area contributed by atoms with Crippen molar-refractivity contribution < 1.29 is 10.2 Å². The second-order valence-corrected chi connectivity index (χ2v) is 13.6. The predicted octanol–water partition coefficient (Wildman–Crippen LogP) is 5.67. The van der Waals surface area contributed by atoms with Gasteiger partial charge >= 0.3 is 0 Å².